The van der Waals surface area contributed by atoms with Crippen LogP contribution in [0.5, 0.6) is 0 Å². The van der Waals surface area contributed by atoms with Gasteiger partial charge in [-0.15, -0.1) is 0 Å². The summed E-state index contributed by atoms with van der Waals surface area (Å²) in [4.78, 5) is 0. The van der Waals surface area contributed by atoms with E-state index in [0.29, 0.717) is 0 Å². The smallest absolute Gasteiger partial charge is 0.377 e. The highest BCUT2D eigenvalue weighted by Crippen LogP contribution is 2.75. The quantitative estimate of drug-likeness (QED) is 0.0481. The Hall–Kier alpha value is 0.957. The predicted molar refractivity (Wildman–Crippen MR) is 176 cm³/mol. The summed E-state index contributed by atoms with van der Waals surface area (Å²) in [5.41, 5.74) is 0. The van der Waals surface area contributed by atoms with Crippen LogP contribution < -0.4 is 0 Å². The van der Waals surface area contributed by atoms with Crippen molar-refractivity contribution in [1.29, 1.82) is 0 Å². The van der Waals surface area contributed by atoms with Crippen LogP contribution in [0.4, 0.5) is 0 Å². The minimum Gasteiger partial charge on any atom is -0.377 e. The molecule has 0 aliphatic carbocycles. The summed E-state index contributed by atoms with van der Waals surface area (Å²) in [6.45, 7) is 6.17. The summed E-state index contributed by atoms with van der Waals surface area (Å²) >= 11 is 0. The van der Waals surface area contributed by atoms with E-state index in [2.05, 4.69) is 20.8 Å². The molecule has 0 aliphatic heterocycles. The summed E-state index contributed by atoms with van der Waals surface area (Å²) in [5, 5.41) is 0. The van der Waals surface area contributed by atoms with Crippen molar-refractivity contribution in [3.05, 3.63) is 0 Å². The second-order valence-electron chi connectivity index (χ2n) is 11.3. The van der Waals surface area contributed by atoms with Crippen LogP contribution in [0, 0.1) is 0 Å². The van der Waals surface area contributed by atoms with E-state index in [1.807, 2.05) is 0 Å². The van der Waals surface area contributed by atoms with Gasteiger partial charge in [0.15, 0.2) is 0 Å². The molecule has 0 fully saturated rings. The molecular weight excluding hydrogens is 510 g/mol. The fourth-order valence-corrected chi connectivity index (χ4v) is 16.5. The van der Waals surface area contributed by atoms with E-state index < -0.39 is 15.8 Å². The Kier molecular flexibility index (Phi) is 27.8. The molecule has 224 valence electrons. The fourth-order valence-electron chi connectivity index (χ4n) is 5.50. The maximum Gasteiger partial charge on any atom is 0.500 e. The highest BCUT2D eigenvalue weighted by molar-refractivity contribution is 8.31. The molecule has 0 bridgehead atoms. The van der Waals surface area contributed by atoms with Crippen molar-refractivity contribution in [2.24, 2.45) is 0 Å². The third kappa shape index (κ3) is 20.5. The van der Waals surface area contributed by atoms with Gasteiger partial charge < -0.3 is 13.3 Å². The lowest BCUT2D eigenvalue weighted by atomic mass is 10.1. The number of hydrogen-bond acceptors (Lipinski definition) is 3. The van der Waals surface area contributed by atoms with E-state index in [0.717, 1.165) is 6.04 Å². The van der Waals surface area contributed by atoms with E-state index >= 15 is 0 Å². The van der Waals surface area contributed by atoms with Crippen LogP contribution in [0.3, 0.4) is 0 Å². The summed E-state index contributed by atoms with van der Waals surface area (Å²) in [6, 6.07) is 0.957. The van der Waals surface area contributed by atoms with Gasteiger partial charge in [-0.05, 0) is 51.4 Å². The van der Waals surface area contributed by atoms with Crippen molar-refractivity contribution in [2.75, 3.05) is 46.0 Å². The van der Waals surface area contributed by atoms with Gasteiger partial charge >= 0.3 is 8.80 Å². The molecule has 1 atom stereocenters. The number of hydrogen-bond donors (Lipinski definition) is 0. The van der Waals surface area contributed by atoms with Crippen LogP contribution in [-0.4, -0.2) is 54.8 Å². The largest absolute Gasteiger partial charge is 0.500 e. The first kappa shape index (κ1) is 38.0. The molecule has 1 unspecified atom stereocenters. The molecule has 6 heteroatoms. The van der Waals surface area contributed by atoms with Gasteiger partial charge in [-0.3, -0.25) is 0 Å². The fraction of sp³-hybridized carbons (Fsp3) is 1.00. The Labute approximate surface area is 238 Å². The maximum atomic E-state index is 5.67. The van der Waals surface area contributed by atoms with Gasteiger partial charge in [-0.1, -0.05) is 97.8 Å². The second-order valence-corrected chi connectivity index (χ2v) is 22.6. The molecule has 0 radical (unpaired) electrons. The predicted octanol–water partition coefficient (Wildman–Crippen LogP) is 11.3. The van der Waals surface area contributed by atoms with Gasteiger partial charge in [0.2, 0.25) is 0 Å². The normalized spacial score (nSPS) is 12.8. The standard InChI is InChI=1S/C31H69O3P2Si/c1-7-10-13-16-19-23-28-36(29-24-20-17-14-11-8-2,30-25-21-18-15-12-9-3)35-27-22-26-31-37(32-4,33-5)34-6/h35H,7-31H2,1-6H3/q+1. The highest BCUT2D eigenvalue weighted by atomic mass is 32.1. The molecule has 0 N–H and O–H groups in total. The van der Waals surface area contributed by atoms with Crippen molar-refractivity contribution < 1.29 is 13.3 Å². The second kappa shape index (κ2) is 27.1. The van der Waals surface area contributed by atoms with Crippen molar-refractivity contribution in [3.8, 4) is 0 Å². The first-order valence-electron chi connectivity index (χ1n) is 16.3. The highest BCUT2D eigenvalue weighted by Gasteiger charge is 2.38. The van der Waals surface area contributed by atoms with E-state index in [1.54, 1.807) is 39.8 Å². The molecular formula is C31H69O3P2Si+. The van der Waals surface area contributed by atoms with Crippen molar-refractivity contribution in [2.45, 2.75) is 155 Å². The molecule has 0 heterocycles. The monoisotopic (exact) mass is 579 g/mol. The Morgan fingerprint density at radius 2 is 0.811 bits per heavy atom. The molecule has 0 rings (SSSR count). The number of rotatable bonds is 30. The lowest BCUT2D eigenvalue weighted by molar-refractivity contribution is 0.123. The van der Waals surface area contributed by atoms with Gasteiger partial charge in [0, 0.05) is 48.8 Å². The zero-order chi connectivity index (χ0) is 27.5. The van der Waals surface area contributed by atoms with Crippen LogP contribution in [0.25, 0.3) is 0 Å². The zero-order valence-electron chi connectivity index (χ0n) is 26.3. The van der Waals surface area contributed by atoms with Crippen LogP contribution in [-0.2, 0) is 13.3 Å². The molecule has 0 saturated heterocycles. The SMILES string of the molecule is CCCCCCCC[P+](CCCCCCCC)(CCCCCCCC)PCCCC[Si](OC)(OC)OC. The van der Waals surface area contributed by atoms with Crippen LogP contribution >= 0.6 is 15.2 Å². The summed E-state index contributed by atoms with van der Waals surface area (Å²) in [7, 11) is 4.06. The van der Waals surface area contributed by atoms with Gasteiger partial charge in [0.05, 0.1) is 18.5 Å². The Morgan fingerprint density at radius 1 is 0.459 bits per heavy atom. The average molecular weight is 580 g/mol. The van der Waals surface area contributed by atoms with E-state index in [1.165, 1.54) is 143 Å². The molecule has 0 aromatic heterocycles. The average Bonchev–Trinajstić information content (AvgIpc) is 2.92. The van der Waals surface area contributed by atoms with Crippen molar-refractivity contribution in [3.63, 3.8) is 0 Å². The van der Waals surface area contributed by atoms with Crippen molar-refractivity contribution >= 4 is 24.0 Å². The van der Waals surface area contributed by atoms with Crippen LogP contribution in [0.1, 0.15) is 149 Å². The Morgan fingerprint density at radius 3 is 1.16 bits per heavy atom. The minimum absolute atomic E-state index is 0.819. The Balaban J connectivity index is 5.00. The first-order chi connectivity index (χ1) is 18.1. The Bertz CT molecular complexity index is 415. The molecule has 0 saturated carbocycles. The lowest BCUT2D eigenvalue weighted by Gasteiger charge is -2.28. The lowest BCUT2D eigenvalue weighted by Crippen LogP contribution is -2.42. The topological polar surface area (TPSA) is 27.7 Å². The van der Waals surface area contributed by atoms with Gasteiger partial charge in [-0.25, -0.2) is 0 Å². The summed E-state index contributed by atoms with van der Waals surface area (Å²) in [6.07, 6.45) is 34.7. The van der Waals surface area contributed by atoms with Crippen LogP contribution in [0.2, 0.25) is 6.04 Å². The third-order valence-electron chi connectivity index (χ3n) is 8.11. The van der Waals surface area contributed by atoms with Gasteiger partial charge in [0.25, 0.3) is 0 Å². The van der Waals surface area contributed by atoms with E-state index in [-0.39, 0.29) is 0 Å². The van der Waals surface area contributed by atoms with E-state index in [4.69, 9.17) is 13.3 Å². The van der Waals surface area contributed by atoms with E-state index in [9.17, 15) is 0 Å². The molecule has 37 heavy (non-hydrogen) atoms. The van der Waals surface area contributed by atoms with Gasteiger partial charge in [0.1, 0.15) is 0 Å². The van der Waals surface area contributed by atoms with Gasteiger partial charge in [-0.2, -0.15) is 0 Å². The number of unbranched alkanes of at least 4 members (excludes halogenated alkanes) is 16. The molecule has 0 aromatic carbocycles. The molecule has 0 aliphatic rings. The third-order valence-corrected chi connectivity index (χ3v) is 20.4. The maximum absolute atomic E-state index is 5.67. The zero-order valence-corrected chi connectivity index (χ0v) is 29.2. The summed E-state index contributed by atoms with van der Waals surface area (Å²) in [5.74, 6) is 0. The summed E-state index contributed by atoms with van der Waals surface area (Å²) < 4.78 is 17.0. The first-order valence-corrected chi connectivity index (χ1v) is 22.7. The molecule has 0 aromatic rings. The minimum atomic E-state index is -2.41. The molecule has 3 nitrogen and oxygen atoms in total. The molecule has 0 amide bonds. The van der Waals surface area contributed by atoms with Crippen molar-refractivity contribution in [1.82, 2.24) is 0 Å². The van der Waals surface area contributed by atoms with Crippen LogP contribution in [0.15, 0.2) is 0 Å². The molecule has 0 spiro atoms.